The van der Waals surface area contributed by atoms with Gasteiger partial charge < -0.3 is 15.0 Å². The molecule has 0 atom stereocenters. The Labute approximate surface area is 171 Å². The van der Waals surface area contributed by atoms with E-state index >= 15 is 0 Å². The van der Waals surface area contributed by atoms with Crippen LogP contribution in [-0.2, 0) is 0 Å². The number of amides is 2. The van der Waals surface area contributed by atoms with Crippen LogP contribution in [0.3, 0.4) is 0 Å². The number of fused-ring (bicyclic) bond motifs is 2. The van der Waals surface area contributed by atoms with E-state index in [0.717, 1.165) is 10.0 Å². The molecule has 0 bridgehead atoms. The van der Waals surface area contributed by atoms with Crippen molar-refractivity contribution in [2.75, 3.05) is 17.3 Å². The van der Waals surface area contributed by atoms with E-state index in [1.165, 1.54) is 0 Å². The van der Waals surface area contributed by atoms with E-state index in [9.17, 15) is 9.59 Å². The molecule has 0 aliphatic carbocycles. The van der Waals surface area contributed by atoms with Crippen molar-refractivity contribution >= 4 is 39.1 Å². The van der Waals surface area contributed by atoms with Crippen LogP contribution in [0.5, 0.6) is 11.5 Å². The first-order chi connectivity index (χ1) is 13.4. The molecule has 140 valence electrons. The van der Waals surface area contributed by atoms with Gasteiger partial charge in [-0.2, -0.15) is 0 Å². The van der Waals surface area contributed by atoms with E-state index in [1.54, 1.807) is 48.3 Å². The summed E-state index contributed by atoms with van der Waals surface area (Å²) in [5.41, 5.74) is 3.18. The minimum atomic E-state index is -0.254. The fourth-order valence-corrected chi connectivity index (χ4v) is 3.48. The van der Waals surface area contributed by atoms with Gasteiger partial charge in [-0.1, -0.05) is 28.1 Å². The van der Waals surface area contributed by atoms with Crippen molar-refractivity contribution in [3.8, 4) is 11.5 Å². The molecule has 0 fully saturated rings. The van der Waals surface area contributed by atoms with Crippen molar-refractivity contribution in [2.45, 2.75) is 6.92 Å². The topological polar surface area (TPSA) is 58.6 Å². The third-order valence-electron chi connectivity index (χ3n) is 4.55. The Hall–Kier alpha value is -3.12. The van der Waals surface area contributed by atoms with Crippen LogP contribution >= 0.6 is 15.9 Å². The second kappa shape index (κ2) is 7.13. The normalized spacial score (nSPS) is 12.5. The number of nitrogens with one attached hydrogen (secondary N) is 1. The van der Waals surface area contributed by atoms with E-state index in [4.69, 9.17) is 4.74 Å². The van der Waals surface area contributed by atoms with Crippen LogP contribution in [-0.4, -0.2) is 18.9 Å². The van der Waals surface area contributed by atoms with Crippen molar-refractivity contribution in [2.24, 2.45) is 0 Å². The fraction of sp³-hybridized carbons (Fsp3) is 0.0909. The number of nitrogens with zero attached hydrogens (tertiary/aromatic N) is 1. The molecule has 3 aromatic carbocycles. The maximum Gasteiger partial charge on any atom is 0.261 e. The maximum atomic E-state index is 13.0. The molecule has 2 amide bonds. The van der Waals surface area contributed by atoms with Crippen molar-refractivity contribution < 1.29 is 14.3 Å². The Morgan fingerprint density at radius 2 is 1.82 bits per heavy atom. The van der Waals surface area contributed by atoms with Gasteiger partial charge in [-0.3, -0.25) is 9.59 Å². The number of carbonyl (C=O) groups excluding carboxylic acids is 2. The molecule has 1 N–H and O–H groups in total. The van der Waals surface area contributed by atoms with Gasteiger partial charge in [0.25, 0.3) is 11.8 Å². The zero-order chi connectivity index (χ0) is 19.8. The largest absolute Gasteiger partial charge is 0.454 e. The highest BCUT2D eigenvalue weighted by Gasteiger charge is 2.26. The summed E-state index contributed by atoms with van der Waals surface area (Å²) >= 11 is 3.36. The molecule has 0 saturated heterocycles. The number of hydrogen-bond acceptors (Lipinski definition) is 3. The first kappa shape index (κ1) is 18.3. The third kappa shape index (κ3) is 3.39. The second-order valence-corrected chi connectivity index (χ2v) is 7.53. The number of hydrogen-bond donors (Lipinski definition) is 1. The molecule has 5 nitrogen and oxygen atoms in total. The molecule has 0 unspecified atom stereocenters. The predicted octanol–water partition coefficient (Wildman–Crippen LogP) is 5.39. The van der Waals surface area contributed by atoms with Gasteiger partial charge in [0, 0.05) is 22.8 Å². The number of anilines is 2. The quantitative estimate of drug-likeness (QED) is 0.585. The Balaban J connectivity index is 1.67. The second-order valence-electron chi connectivity index (χ2n) is 6.61. The van der Waals surface area contributed by atoms with E-state index in [1.807, 2.05) is 31.2 Å². The minimum absolute atomic E-state index is 0.196. The summed E-state index contributed by atoms with van der Waals surface area (Å²) in [4.78, 5) is 27.1. The van der Waals surface area contributed by atoms with Gasteiger partial charge in [-0.25, -0.2) is 0 Å². The van der Waals surface area contributed by atoms with Gasteiger partial charge in [0.15, 0.2) is 5.75 Å². The lowest BCUT2D eigenvalue weighted by molar-refractivity contribution is 0.0990. The molecule has 1 heterocycles. The molecule has 0 aromatic heterocycles. The average Bonchev–Trinajstić information content (AvgIpc) is 2.78. The number of carbonyl (C=O) groups is 2. The van der Waals surface area contributed by atoms with E-state index in [2.05, 4.69) is 21.2 Å². The van der Waals surface area contributed by atoms with Crippen LogP contribution in [0.15, 0.2) is 65.1 Å². The SMILES string of the molecule is Cc1ccc2c(c1)N(C)C(=O)c1cc(NC(=O)c3cccc(Br)c3)ccc1O2. The summed E-state index contributed by atoms with van der Waals surface area (Å²) in [6.07, 6.45) is 0. The van der Waals surface area contributed by atoms with E-state index < -0.39 is 0 Å². The highest BCUT2D eigenvalue weighted by Crippen LogP contribution is 2.39. The number of ether oxygens (including phenoxy) is 1. The van der Waals surface area contributed by atoms with Gasteiger partial charge in [0.1, 0.15) is 5.75 Å². The molecule has 4 rings (SSSR count). The predicted molar refractivity (Wildman–Crippen MR) is 113 cm³/mol. The highest BCUT2D eigenvalue weighted by atomic mass is 79.9. The summed E-state index contributed by atoms with van der Waals surface area (Å²) in [6, 6.07) is 17.9. The molecule has 1 aliphatic rings. The lowest BCUT2D eigenvalue weighted by Gasteiger charge is -2.16. The van der Waals surface area contributed by atoms with Crippen molar-refractivity contribution in [3.05, 3.63) is 81.8 Å². The Kier molecular flexibility index (Phi) is 4.65. The molecule has 3 aromatic rings. The standard InChI is InChI=1S/C22H17BrN2O3/c1-13-6-8-20-18(10-13)25(2)22(27)17-12-16(7-9-19(17)28-20)24-21(26)14-4-3-5-15(23)11-14/h3-12H,1-2H3,(H,24,26). The fourth-order valence-electron chi connectivity index (χ4n) is 3.08. The number of benzene rings is 3. The number of rotatable bonds is 2. The van der Waals surface area contributed by atoms with E-state index in [0.29, 0.717) is 34.0 Å². The van der Waals surface area contributed by atoms with Crippen molar-refractivity contribution in [3.63, 3.8) is 0 Å². The van der Waals surface area contributed by atoms with Gasteiger partial charge in [0.2, 0.25) is 0 Å². The van der Waals surface area contributed by atoms with Crippen LogP contribution in [0.2, 0.25) is 0 Å². The number of halogens is 1. The van der Waals surface area contributed by atoms with Gasteiger partial charge in [-0.15, -0.1) is 0 Å². The zero-order valence-electron chi connectivity index (χ0n) is 15.3. The van der Waals surface area contributed by atoms with E-state index in [-0.39, 0.29) is 11.8 Å². The summed E-state index contributed by atoms with van der Waals surface area (Å²) in [5.74, 6) is 0.624. The summed E-state index contributed by atoms with van der Waals surface area (Å²) in [5, 5.41) is 2.84. The van der Waals surface area contributed by atoms with Crippen LogP contribution < -0.4 is 15.0 Å². The first-order valence-corrected chi connectivity index (χ1v) is 9.49. The Morgan fingerprint density at radius 1 is 1.04 bits per heavy atom. The zero-order valence-corrected chi connectivity index (χ0v) is 16.9. The van der Waals surface area contributed by atoms with Crippen LogP contribution in [0.4, 0.5) is 11.4 Å². The molecule has 6 heteroatoms. The van der Waals surface area contributed by atoms with Gasteiger partial charge in [-0.05, 0) is 61.0 Å². The number of aryl methyl sites for hydroxylation is 1. The van der Waals surface area contributed by atoms with Crippen LogP contribution in [0.1, 0.15) is 26.3 Å². The van der Waals surface area contributed by atoms with Gasteiger partial charge >= 0.3 is 0 Å². The molecular weight excluding hydrogens is 420 g/mol. The molecule has 0 spiro atoms. The molecular formula is C22H17BrN2O3. The van der Waals surface area contributed by atoms with Crippen molar-refractivity contribution in [1.82, 2.24) is 0 Å². The third-order valence-corrected chi connectivity index (χ3v) is 5.05. The summed E-state index contributed by atoms with van der Waals surface area (Å²) < 4.78 is 6.80. The highest BCUT2D eigenvalue weighted by molar-refractivity contribution is 9.10. The van der Waals surface area contributed by atoms with Crippen LogP contribution in [0.25, 0.3) is 0 Å². The minimum Gasteiger partial charge on any atom is -0.454 e. The monoisotopic (exact) mass is 436 g/mol. The lowest BCUT2D eigenvalue weighted by atomic mass is 10.1. The maximum absolute atomic E-state index is 13.0. The average molecular weight is 437 g/mol. The molecule has 1 aliphatic heterocycles. The first-order valence-electron chi connectivity index (χ1n) is 8.70. The summed E-state index contributed by atoms with van der Waals surface area (Å²) in [7, 11) is 1.71. The van der Waals surface area contributed by atoms with Crippen molar-refractivity contribution in [1.29, 1.82) is 0 Å². The van der Waals surface area contributed by atoms with Gasteiger partial charge in [0.05, 0.1) is 11.3 Å². The summed E-state index contributed by atoms with van der Waals surface area (Å²) in [6.45, 7) is 1.96. The molecule has 28 heavy (non-hydrogen) atoms. The smallest absolute Gasteiger partial charge is 0.261 e. The Morgan fingerprint density at radius 3 is 2.61 bits per heavy atom. The lowest BCUT2D eigenvalue weighted by Crippen LogP contribution is -2.25. The Bertz CT molecular complexity index is 1110. The van der Waals surface area contributed by atoms with Crippen LogP contribution in [0, 0.1) is 6.92 Å². The molecule has 0 saturated carbocycles. The molecule has 0 radical (unpaired) electrons.